The van der Waals surface area contributed by atoms with Crippen molar-refractivity contribution in [1.29, 1.82) is 0 Å². The van der Waals surface area contributed by atoms with Gasteiger partial charge in [-0.15, -0.1) is 0 Å². The predicted octanol–water partition coefficient (Wildman–Crippen LogP) is 1.47. The zero-order valence-corrected chi connectivity index (χ0v) is 9.43. The van der Waals surface area contributed by atoms with E-state index in [-0.39, 0.29) is 13.4 Å². The lowest BCUT2D eigenvalue weighted by Gasteiger charge is -2.28. The standard InChI is InChI=1S/C12H16O4/c1-12(2,6-13)11(14)8-3-4-9-10(5-8)16-7-15-9/h3-5,11,13-14H,6-7H2,1-2H3. The Morgan fingerprint density at radius 1 is 1.31 bits per heavy atom. The third-order valence-electron chi connectivity index (χ3n) is 2.86. The van der Waals surface area contributed by atoms with Gasteiger partial charge in [0.25, 0.3) is 0 Å². The van der Waals surface area contributed by atoms with Crippen molar-refractivity contribution in [3.63, 3.8) is 0 Å². The summed E-state index contributed by atoms with van der Waals surface area (Å²) in [7, 11) is 0. The first-order chi connectivity index (χ1) is 7.54. The van der Waals surface area contributed by atoms with Gasteiger partial charge in [0.1, 0.15) is 0 Å². The maximum Gasteiger partial charge on any atom is 0.231 e. The number of hydrogen-bond acceptors (Lipinski definition) is 4. The molecule has 88 valence electrons. The third kappa shape index (κ3) is 1.86. The van der Waals surface area contributed by atoms with E-state index in [4.69, 9.17) is 9.47 Å². The number of aliphatic hydroxyl groups excluding tert-OH is 2. The summed E-state index contributed by atoms with van der Waals surface area (Å²) in [6.07, 6.45) is -0.730. The number of rotatable bonds is 3. The van der Waals surface area contributed by atoms with Crippen LogP contribution in [-0.2, 0) is 0 Å². The fourth-order valence-corrected chi connectivity index (χ4v) is 1.62. The van der Waals surface area contributed by atoms with Crippen LogP contribution in [0, 0.1) is 5.41 Å². The molecule has 0 fully saturated rings. The Bertz CT molecular complexity index is 387. The van der Waals surface area contributed by atoms with E-state index in [1.54, 1.807) is 18.2 Å². The van der Waals surface area contributed by atoms with Crippen LogP contribution in [0.1, 0.15) is 25.5 Å². The molecule has 0 bridgehead atoms. The second-order valence-electron chi connectivity index (χ2n) is 4.66. The molecule has 1 atom stereocenters. The summed E-state index contributed by atoms with van der Waals surface area (Å²) in [6, 6.07) is 5.31. The highest BCUT2D eigenvalue weighted by Gasteiger charge is 2.29. The number of benzene rings is 1. The highest BCUT2D eigenvalue weighted by molar-refractivity contribution is 5.45. The molecule has 1 aromatic rings. The summed E-state index contributed by atoms with van der Waals surface area (Å²) in [4.78, 5) is 0. The molecule has 1 aromatic carbocycles. The topological polar surface area (TPSA) is 58.9 Å². The van der Waals surface area contributed by atoms with Crippen molar-refractivity contribution >= 4 is 0 Å². The molecule has 0 amide bonds. The molecule has 0 radical (unpaired) electrons. The number of hydrogen-bond donors (Lipinski definition) is 2. The van der Waals surface area contributed by atoms with Crippen LogP contribution in [0.3, 0.4) is 0 Å². The Labute approximate surface area is 94.4 Å². The van der Waals surface area contributed by atoms with Crippen LogP contribution in [0.2, 0.25) is 0 Å². The van der Waals surface area contributed by atoms with Crippen LogP contribution in [0.15, 0.2) is 18.2 Å². The minimum atomic E-state index is -0.730. The summed E-state index contributed by atoms with van der Waals surface area (Å²) in [5.74, 6) is 1.34. The minimum Gasteiger partial charge on any atom is -0.454 e. The molecule has 1 aliphatic heterocycles. The van der Waals surface area contributed by atoms with Gasteiger partial charge in [-0.3, -0.25) is 0 Å². The highest BCUT2D eigenvalue weighted by Crippen LogP contribution is 2.38. The van der Waals surface area contributed by atoms with Gasteiger partial charge < -0.3 is 19.7 Å². The molecule has 0 aliphatic carbocycles. The first-order valence-electron chi connectivity index (χ1n) is 5.23. The SMILES string of the molecule is CC(C)(CO)C(O)c1ccc2c(c1)OCO2. The molecule has 0 spiro atoms. The Kier molecular flexibility index (Phi) is 2.78. The van der Waals surface area contributed by atoms with Crippen LogP contribution in [0.25, 0.3) is 0 Å². The van der Waals surface area contributed by atoms with Crippen molar-refractivity contribution in [3.05, 3.63) is 23.8 Å². The maximum absolute atomic E-state index is 10.1. The predicted molar refractivity (Wildman–Crippen MR) is 58.4 cm³/mol. The molecule has 0 saturated carbocycles. The van der Waals surface area contributed by atoms with E-state index < -0.39 is 11.5 Å². The van der Waals surface area contributed by atoms with E-state index in [1.165, 1.54) is 0 Å². The summed E-state index contributed by atoms with van der Waals surface area (Å²) in [6.45, 7) is 3.76. The molecule has 2 rings (SSSR count). The monoisotopic (exact) mass is 224 g/mol. The van der Waals surface area contributed by atoms with Gasteiger partial charge in [0.2, 0.25) is 6.79 Å². The number of ether oxygens (including phenoxy) is 2. The van der Waals surface area contributed by atoms with Gasteiger partial charge in [-0.05, 0) is 17.7 Å². The van der Waals surface area contributed by atoms with Crippen LogP contribution in [-0.4, -0.2) is 23.6 Å². The molecule has 4 nitrogen and oxygen atoms in total. The first kappa shape index (κ1) is 11.2. The lowest BCUT2D eigenvalue weighted by molar-refractivity contribution is 0.00629. The molecule has 4 heteroatoms. The van der Waals surface area contributed by atoms with Gasteiger partial charge in [-0.1, -0.05) is 19.9 Å². The van der Waals surface area contributed by atoms with E-state index in [9.17, 15) is 10.2 Å². The van der Waals surface area contributed by atoms with Gasteiger partial charge in [0.15, 0.2) is 11.5 Å². The van der Waals surface area contributed by atoms with Gasteiger partial charge in [-0.2, -0.15) is 0 Å². The summed E-state index contributed by atoms with van der Waals surface area (Å²) in [5.41, 5.74) is 0.150. The highest BCUT2D eigenvalue weighted by atomic mass is 16.7. The Morgan fingerprint density at radius 3 is 2.69 bits per heavy atom. The average molecular weight is 224 g/mol. The van der Waals surface area contributed by atoms with Gasteiger partial charge in [0.05, 0.1) is 12.7 Å². The minimum absolute atomic E-state index is 0.0807. The van der Waals surface area contributed by atoms with Crippen molar-refractivity contribution in [1.82, 2.24) is 0 Å². The third-order valence-corrected chi connectivity index (χ3v) is 2.86. The Balaban J connectivity index is 2.28. The summed E-state index contributed by atoms with van der Waals surface area (Å²) in [5, 5.41) is 19.3. The Morgan fingerprint density at radius 2 is 2.00 bits per heavy atom. The van der Waals surface area contributed by atoms with Crippen molar-refractivity contribution in [2.24, 2.45) is 5.41 Å². The van der Waals surface area contributed by atoms with E-state index in [2.05, 4.69) is 0 Å². The smallest absolute Gasteiger partial charge is 0.231 e. The lowest BCUT2D eigenvalue weighted by atomic mass is 9.83. The molecular formula is C12H16O4. The van der Waals surface area contributed by atoms with Gasteiger partial charge in [-0.25, -0.2) is 0 Å². The molecular weight excluding hydrogens is 208 g/mol. The number of aliphatic hydroxyl groups is 2. The normalized spacial score (nSPS) is 16.2. The van der Waals surface area contributed by atoms with Crippen molar-refractivity contribution < 1.29 is 19.7 Å². The van der Waals surface area contributed by atoms with E-state index in [1.807, 2.05) is 13.8 Å². The van der Waals surface area contributed by atoms with Gasteiger partial charge >= 0.3 is 0 Å². The van der Waals surface area contributed by atoms with Crippen molar-refractivity contribution in [2.75, 3.05) is 13.4 Å². The second kappa shape index (κ2) is 3.96. The van der Waals surface area contributed by atoms with Crippen LogP contribution < -0.4 is 9.47 Å². The quantitative estimate of drug-likeness (QED) is 0.816. The molecule has 0 saturated heterocycles. The van der Waals surface area contributed by atoms with E-state index in [0.717, 1.165) is 5.56 Å². The zero-order chi connectivity index (χ0) is 11.8. The molecule has 2 N–H and O–H groups in total. The molecule has 1 unspecified atom stereocenters. The van der Waals surface area contributed by atoms with Gasteiger partial charge in [0, 0.05) is 5.41 Å². The maximum atomic E-state index is 10.1. The summed E-state index contributed by atoms with van der Waals surface area (Å²) < 4.78 is 10.4. The van der Waals surface area contributed by atoms with Crippen molar-refractivity contribution in [2.45, 2.75) is 20.0 Å². The average Bonchev–Trinajstić information content (AvgIpc) is 2.74. The van der Waals surface area contributed by atoms with Crippen molar-refractivity contribution in [3.8, 4) is 11.5 Å². The molecule has 16 heavy (non-hydrogen) atoms. The molecule has 1 heterocycles. The van der Waals surface area contributed by atoms with E-state index >= 15 is 0 Å². The summed E-state index contributed by atoms with van der Waals surface area (Å²) >= 11 is 0. The molecule has 0 aromatic heterocycles. The largest absolute Gasteiger partial charge is 0.454 e. The fourth-order valence-electron chi connectivity index (χ4n) is 1.62. The fraction of sp³-hybridized carbons (Fsp3) is 0.500. The second-order valence-corrected chi connectivity index (χ2v) is 4.66. The Hall–Kier alpha value is -1.26. The lowest BCUT2D eigenvalue weighted by Crippen LogP contribution is -2.25. The first-order valence-corrected chi connectivity index (χ1v) is 5.23. The van der Waals surface area contributed by atoms with Crippen LogP contribution in [0.4, 0.5) is 0 Å². The van der Waals surface area contributed by atoms with Crippen LogP contribution in [0.5, 0.6) is 11.5 Å². The van der Waals surface area contributed by atoms with Crippen LogP contribution >= 0.6 is 0 Å². The van der Waals surface area contributed by atoms with E-state index in [0.29, 0.717) is 11.5 Å². The zero-order valence-electron chi connectivity index (χ0n) is 9.43. The molecule has 1 aliphatic rings. The number of fused-ring (bicyclic) bond motifs is 1.